The molecule has 3 heteroatoms. The van der Waals surface area contributed by atoms with Crippen LogP contribution in [0, 0.1) is 10.8 Å². The van der Waals surface area contributed by atoms with Crippen molar-refractivity contribution in [1.29, 1.82) is 0 Å². The summed E-state index contributed by atoms with van der Waals surface area (Å²) in [5, 5.41) is 18.4. The van der Waals surface area contributed by atoms with E-state index in [0.29, 0.717) is 12.8 Å². The average Bonchev–Trinajstić information content (AvgIpc) is 2.20. The highest BCUT2D eigenvalue weighted by atomic mass is 16.3. The molecule has 13 heavy (non-hydrogen) atoms. The van der Waals surface area contributed by atoms with Gasteiger partial charge in [0.1, 0.15) is 6.61 Å². The molecule has 0 aliphatic heterocycles. The van der Waals surface area contributed by atoms with E-state index in [2.05, 4.69) is 0 Å². The van der Waals surface area contributed by atoms with Crippen LogP contribution >= 0.6 is 0 Å². The molecule has 1 fully saturated rings. The minimum absolute atomic E-state index is 0.158. The Kier molecular flexibility index (Phi) is 2.52. The highest BCUT2D eigenvalue weighted by Crippen LogP contribution is 2.52. The van der Waals surface area contributed by atoms with Gasteiger partial charge in [-0.1, -0.05) is 20.8 Å². The van der Waals surface area contributed by atoms with Gasteiger partial charge >= 0.3 is 0 Å². The van der Waals surface area contributed by atoms with E-state index < -0.39 is 18.1 Å². The summed E-state index contributed by atoms with van der Waals surface area (Å²) in [6.45, 7) is 5.35. The van der Waals surface area contributed by atoms with E-state index in [1.165, 1.54) is 0 Å². The molecule has 0 aromatic carbocycles. The van der Waals surface area contributed by atoms with Gasteiger partial charge in [0.2, 0.25) is 0 Å². The van der Waals surface area contributed by atoms with Crippen molar-refractivity contribution in [3.05, 3.63) is 0 Å². The van der Waals surface area contributed by atoms with E-state index >= 15 is 0 Å². The quantitative estimate of drug-likeness (QED) is 0.668. The molecule has 0 radical (unpaired) electrons. The molecule has 0 heterocycles. The average molecular weight is 186 g/mol. The van der Waals surface area contributed by atoms with E-state index in [9.17, 15) is 9.90 Å². The molecule has 0 spiro atoms. The van der Waals surface area contributed by atoms with E-state index in [1.807, 2.05) is 20.8 Å². The Labute approximate surface area is 78.8 Å². The van der Waals surface area contributed by atoms with Gasteiger partial charge in [0, 0.05) is 5.41 Å². The lowest BCUT2D eigenvalue weighted by atomic mass is 9.67. The SMILES string of the molecule is CC1(C)C[C@H](O)C[C@@]1(C)C(=O)CO. The summed E-state index contributed by atoms with van der Waals surface area (Å²) in [6, 6.07) is 0. The maximum absolute atomic E-state index is 11.5. The van der Waals surface area contributed by atoms with Crippen LogP contribution in [-0.2, 0) is 4.79 Å². The number of hydrogen-bond acceptors (Lipinski definition) is 3. The number of carbonyl (C=O) groups is 1. The Morgan fingerprint density at radius 1 is 1.38 bits per heavy atom. The molecule has 0 aromatic rings. The summed E-state index contributed by atoms with van der Waals surface area (Å²) in [5.41, 5.74) is -0.784. The van der Waals surface area contributed by atoms with Crippen LogP contribution in [0.25, 0.3) is 0 Å². The van der Waals surface area contributed by atoms with Gasteiger partial charge in [-0.2, -0.15) is 0 Å². The summed E-state index contributed by atoms with van der Waals surface area (Å²) in [7, 11) is 0. The van der Waals surface area contributed by atoms with Crippen molar-refractivity contribution in [3.63, 3.8) is 0 Å². The van der Waals surface area contributed by atoms with Gasteiger partial charge < -0.3 is 10.2 Å². The molecule has 1 saturated carbocycles. The Morgan fingerprint density at radius 2 is 1.92 bits per heavy atom. The van der Waals surface area contributed by atoms with Gasteiger partial charge in [-0.05, 0) is 18.3 Å². The van der Waals surface area contributed by atoms with Gasteiger partial charge in [-0.25, -0.2) is 0 Å². The maximum Gasteiger partial charge on any atom is 0.164 e. The van der Waals surface area contributed by atoms with Crippen molar-refractivity contribution >= 4 is 5.78 Å². The van der Waals surface area contributed by atoms with Crippen LogP contribution in [-0.4, -0.2) is 28.7 Å². The van der Waals surface area contributed by atoms with Crippen molar-refractivity contribution in [2.24, 2.45) is 10.8 Å². The van der Waals surface area contributed by atoms with Gasteiger partial charge in [0.05, 0.1) is 6.10 Å². The van der Waals surface area contributed by atoms with Crippen molar-refractivity contribution in [2.75, 3.05) is 6.61 Å². The molecule has 0 amide bonds. The normalized spacial score (nSPS) is 37.8. The summed E-state index contributed by atoms with van der Waals surface area (Å²) in [6.07, 6.45) is 0.699. The molecule has 0 bridgehead atoms. The van der Waals surface area contributed by atoms with Crippen molar-refractivity contribution in [1.82, 2.24) is 0 Å². The van der Waals surface area contributed by atoms with Gasteiger partial charge in [-0.15, -0.1) is 0 Å². The predicted octanol–water partition coefficient (Wildman–Crippen LogP) is 0.735. The topological polar surface area (TPSA) is 57.5 Å². The Hall–Kier alpha value is -0.410. The number of hydrogen-bond donors (Lipinski definition) is 2. The summed E-state index contributed by atoms with van der Waals surface area (Å²) in [4.78, 5) is 11.5. The van der Waals surface area contributed by atoms with Crippen LogP contribution in [0.1, 0.15) is 33.6 Å². The second-order valence-electron chi connectivity index (χ2n) is 4.86. The second kappa shape index (κ2) is 3.07. The van der Waals surface area contributed by atoms with Crippen LogP contribution in [0.15, 0.2) is 0 Å². The monoisotopic (exact) mass is 186 g/mol. The Bertz CT molecular complexity index is 222. The summed E-state index contributed by atoms with van der Waals surface area (Å²) in [5.74, 6) is -0.158. The standard InChI is InChI=1S/C10H18O3/c1-9(2)4-7(12)5-10(9,3)8(13)6-11/h7,11-12H,4-6H2,1-3H3/t7-,10-/m0/s1. The van der Waals surface area contributed by atoms with Gasteiger partial charge in [0.25, 0.3) is 0 Å². The Morgan fingerprint density at radius 3 is 2.23 bits per heavy atom. The lowest BCUT2D eigenvalue weighted by Gasteiger charge is -2.35. The molecular formula is C10H18O3. The molecule has 0 unspecified atom stereocenters. The largest absolute Gasteiger partial charge is 0.393 e. The molecule has 1 aliphatic carbocycles. The molecule has 1 rings (SSSR count). The van der Waals surface area contributed by atoms with Crippen molar-refractivity contribution in [2.45, 2.75) is 39.7 Å². The maximum atomic E-state index is 11.5. The molecule has 0 aromatic heterocycles. The molecule has 3 nitrogen and oxygen atoms in total. The number of rotatable bonds is 2. The summed E-state index contributed by atoms with van der Waals surface area (Å²) >= 11 is 0. The smallest absolute Gasteiger partial charge is 0.164 e. The first-order valence-electron chi connectivity index (χ1n) is 4.66. The minimum Gasteiger partial charge on any atom is -0.393 e. The Balaban J connectivity index is 2.95. The number of ketones is 1. The zero-order valence-electron chi connectivity index (χ0n) is 8.50. The minimum atomic E-state index is -0.568. The first kappa shape index (κ1) is 10.7. The lowest BCUT2D eigenvalue weighted by Crippen LogP contribution is -2.39. The van der Waals surface area contributed by atoms with Crippen LogP contribution in [0.4, 0.5) is 0 Å². The van der Waals surface area contributed by atoms with Crippen LogP contribution in [0.5, 0.6) is 0 Å². The van der Waals surface area contributed by atoms with Crippen molar-refractivity contribution < 1.29 is 15.0 Å². The molecule has 0 saturated heterocycles. The zero-order valence-corrected chi connectivity index (χ0v) is 8.50. The zero-order chi connectivity index (χ0) is 10.3. The van der Waals surface area contributed by atoms with Crippen LogP contribution < -0.4 is 0 Å². The van der Waals surface area contributed by atoms with Crippen molar-refractivity contribution in [3.8, 4) is 0 Å². The summed E-state index contributed by atoms with van der Waals surface area (Å²) < 4.78 is 0. The van der Waals surface area contributed by atoms with Crippen LogP contribution in [0.2, 0.25) is 0 Å². The van der Waals surface area contributed by atoms with E-state index in [1.54, 1.807) is 0 Å². The van der Waals surface area contributed by atoms with Gasteiger partial charge in [0.15, 0.2) is 5.78 Å². The predicted molar refractivity (Wildman–Crippen MR) is 49.2 cm³/mol. The number of carbonyl (C=O) groups excluding carboxylic acids is 1. The third kappa shape index (κ3) is 1.51. The lowest BCUT2D eigenvalue weighted by molar-refractivity contribution is -0.135. The highest BCUT2D eigenvalue weighted by molar-refractivity contribution is 5.86. The molecular weight excluding hydrogens is 168 g/mol. The molecule has 76 valence electrons. The van der Waals surface area contributed by atoms with Crippen LogP contribution in [0.3, 0.4) is 0 Å². The van der Waals surface area contributed by atoms with E-state index in [-0.39, 0.29) is 11.2 Å². The van der Waals surface area contributed by atoms with Gasteiger partial charge in [-0.3, -0.25) is 4.79 Å². The fraction of sp³-hybridized carbons (Fsp3) is 0.900. The molecule has 2 atom stereocenters. The van der Waals surface area contributed by atoms with E-state index in [4.69, 9.17) is 5.11 Å². The second-order valence-corrected chi connectivity index (χ2v) is 4.86. The third-order valence-electron chi connectivity index (χ3n) is 3.64. The first-order chi connectivity index (χ1) is 5.83. The third-order valence-corrected chi connectivity index (χ3v) is 3.64. The number of aliphatic hydroxyl groups is 2. The molecule has 2 N–H and O–H groups in total. The molecule has 1 aliphatic rings. The fourth-order valence-corrected chi connectivity index (χ4v) is 2.30. The number of aliphatic hydroxyl groups excluding tert-OH is 2. The fourth-order valence-electron chi connectivity index (χ4n) is 2.30. The highest BCUT2D eigenvalue weighted by Gasteiger charge is 2.53. The van der Waals surface area contributed by atoms with E-state index in [0.717, 1.165) is 0 Å². The first-order valence-corrected chi connectivity index (χ1v) is 4.66. The number of Topliss-reactive ketones (excluding diaryl/α,β-unsaturated/α-hetero) is 1.